The normalized spacial score (nSPS) is 10.9. The molecular weight excluding hydrogens is 274 g/mol. The number of methoxy groups -OCH3 is 1. The molecule has 0 atom stereocenters. The molecule has 3 heteroatoms. The van der Waals surface area contributed by atoms with Gasteiger partial charge in [0.05, 0.1) is 7.11 Å². The Labute approximate surface area is 130 Å². The molecule has 0 fully saturated rings. The van der Waals surface area contributed by atoms with Crippen LogP contribution in [0.25, 0.3) is 10.9 Å². The second-order valence-corrected chi connectivity index (χ2v) is 5.54. The first kappa shape index (κ1) is 14.4. The molecule has 0 saturated carbocycles. The van der Waals surface area contributed by atoms with E-state index in [9.17, 15) is 4.79 Å². The number of ether oxygens (including phenoxy) is 1. The number of carbonyl (C=O) groups excluding carboxylic acids is 1. The maximum Gasteiger partial charge on any atom is 0.161 e. The molecule has 0 unspecified atom stereocenters. The van der Waals surface area contributed by atoms with Crippen LogP contribution in [0.2, 0.25) is 0 Å². The van der Waals surface area contributed by atoms with Gasteiger partial charge < -0.3 is 9.30 Å². The predicted octanol–water partition coefficient (Wildman–Crippen LogP) is 4.21. The lowest BCUT2D eigenvalue weighted by Gasteiger charge is -2.08. The fourth-order valence-electron chi connectivity index (χ4n) is 2.79. The van der Waals surface area contributed by atoms with E-state index in [0.717, 1.165) is 28.8 Å². The van der Waals surface area contributed by atoms with Crippen LogP contribution in [-0.4, -0.2) is 17.5 Å². The molecule has 3 aromatic rings. The maximum atomic E-state index is 11.9. The van der Waals surface area contributed by atoms with E-state index in [1.165, 1.54) is 11.1 Å². The number of nitrogens with zero attached hydrogens (tertiary/aromatic N) is 1. The van der Waals surface area contributed by atoms with Gasteiger partial charge in [0.1, 0.15) is 5.75 Å². The SMILES string of the molecule is COc1ccc2c(c1)c(C(C)=O)cn2Cc1ccccc1C. The zero-order valence-electron chi connectivity index (χ0n) is 13.1. The highest BCUT2D eigenvalue weighted by Crippen LogP contribution is 2.27. The average molecular weight is 293 g/mol. The zero-order chi connectivity index (χ0) is 15.7. The van der Waals surface area contributed by atoms with E-state index in [2.05, 4.69) is 23.6 Å². The molecule has 112 valence electrons. The van der Waals surface area contributed by atoms with Gasteiger partial charge in [0.15, 0.2) is 5.78 Å². The van der Waals surface area contributed by atoms with Gasteiger partial charge in [-0.05, 0) is 43.2 Å². The molecule has 0 radical (unpaired) electrons. The molecule has 0 aliphatic rings. The number of aryl methyl sites for hydroxylation is 1. The van der Waals surface area contributed by atoms with Crippen LogP contribution in [0.3, 0.4) is 0 Å². The van der Waals surface area contributed by atoms with E-state index < -0.39 is 0 Å². The minimum atomic E-state index is 0.0711. The monoisotopic (exact) mass is 293 g/mol. The van der Waals surface area contributed by atoms with Crippen LogP contribution in [0, 0.1) is 6.92 Å². The van der Waals surface area contributed by atoms with Gasteiger partial charge in [-0.3, -0.25) is 4.79 Å². The molecule has 0 saturated heterocycles. The van der Waals surface area contributed by atoms with Crippen LogP contribution < -0.4 is 4.74 Å². The molecule has 0 spiro atoms. The summed E-state index contributed by atoms with van der Waals surface area (Å²) in [5, 5.41) is 0.945. The Morgan fingerprint density at radius 3 is 2.64 bits per heavy atom. The van der Waals surface area contributed by atoms with Gasteiger partial charge in [0.2, 0.25) is 0 Å². The summed E-state index contributed by atoms with van der Waals surface area (Å²) in [5.41, 5.74) is 4.30. The summed E-state index contributed by atoms with van der Waals surface area (Å²) in [7, 11) is 1.64. The zero-order valence-corrected chi connectivity index (χ0v) is 13.1. The van der Waals surface area contributed by atoms with Gasteiger partial charge in [0.25, 0.3) is 0 Å². The molecule has 1 heterocycles. The second kappa shape index (κ2) is 5.68. The van der Waals surface area contributed by atoms with E-state index in [4.69, 9.17) is 4.74 Å². The van der Waals surface area contributed by atoms with Crippen molar-refractivity contribution in [3.63, 3.8) is 0 Å². The Kier molecular flexibility index (Phi) is 3.72. The third-order valence-electron chi connectivity index (χ3n) is 4.07. The second-order valence-electron chi connectivity index (χ2n) is 5.54. The number of hydrogen-bond acceptors (Lipinski definition) is 2. The van der Waals surface area contributed by atoms with E-state index in [0.29, 0.717) is 0 Å². The van der Waals surface area contributed by atoms with Crippen molar-refractivity contribution in [2.45, 2.75) is 20.4 Å². The molecule has 0 bridgehead atoms. The lowest BCUT2D eigenvalue weighted by molar-refractivity contribution is 0.101. The molecule has 0 aliphatic carbocycles. The Morgan fingerprint density at radius 2 is 1.95 bits per heavy atom. The number of carbonyl (C=O) groups is 1. The quantitative estimate of drug-likeness (QED) is 0.675. The standard InChI is InChI=1S/C19H19NO2/c1-13-6-4-5-7-15(13)11-20-12-18(14(2)21)17-10-16(22-3)8-9-19(17)20/h4-10,12H,11H2,1-3H3. The number of rotatable bonds is 4. The molecule has 1 aromatic heterocycles. The van der Waals surface area contributed by atoms with Crippen LogP contribution in [0.4, 0.5) is 0 Å². The molecular formula is C19H19NO2. The minimum Gasteiger partial charge on any atom is -0.497 e. The Bertz CT molecular complexity index is 846. The van der Waals surface area contributed by atoms with Gasteiger partial charge in [-0.25, -0.2) is 0 Å². The molecule has 0 amide bonds. The minimum absolute atomic E-state index is 0.0711. The van der Waals surface area contributed by atoms with Gasteiger partial charge in [-0.15, -0.1) is 0 Å². The first-order valence-corrected chi connectivity index (χ1v) is 7.32. The predicted molar refractivity (Wildman–Crippen MR) is 88.8 cm³/mol. The summed E-state index contributed by atoms with van der Waals surface area (Å²) in [6.07, 6.45) is 1.94. The largest absolute Gasteiger partial charge is 0.497 e. The van der Waals surface area contributed by atoms with Crippen molar-refractivity contribution >= 4 is 16.7 Å². The highest BCUT2D eigenvalue weighted by atomic mass is 16.5. The van der Waals surface area contributed by atoms with Crippen LogP contribution in [0.1, 0.15) is 28.4 Å². The van der Waals surface area contributed by atoms with E-state index >= 15 is 0 Å². The topological polar surface area (TPSA) is 31.2 Å². The first-order valence-electron chi connectivity index (χ1n) is 7.32. The lowest BCUT2D eigenvalue weighted by Crippen LogP contribution is -2.00. The fraction of sp³-hybridized carbons (Fsp3) is 0.211. The van der Waals surface area contributed by atoms with E-state index in [-0.39, 0.29) is 5.78 Å². The number of ketones is 1. The number of benzene rings is 2. The van der Waals surface area contributed by atoms with Crippen LogP contribution in [0.5, 0.6) is 5.75 Å². The molecule has 22 heavy (non-hydrogen) atoms. The summed E-state index contributed by atoms with van der Waals surface area (Å²) in [6, 6.07) is 14.2. The fourth-order valence-corrected chi connectivity index (χ4v) is 2.79. The summed E-state index contributed by atoms with van der Waals surface area (Å²) in [4.78, 5) is 11.9. The van der Waals surface area contributed by atoms with Gasteiger partial charge in [-0.2, -0.15) is 0 Å². The smallest absolute Gasteiger partial charge is 0.161 e. The van der Waals surface area contributed by atoms with E-state index in [1.54, 1.807) is 14.0 Å². The van der Waals surface area contributed by atoms with Gasteiger partial charge in [-0.1, -0.05) is 24.3 Å². The Balaban J connectivity index is 2.14. The number of Topliss-reactive ketones (excluding diaryl/α,β-unsaturated/α-hetero) is 1. The average Bonchev–Trinajstić information content (AvgIpc) is 2.87. The van der Waals surface area contributed by atoms with Crippen LogP contribution in [-0.2, 0) is 6.54 Å². The van der Waals surface area contributed by atoms with Crippen molar-refractivity contribution in [2.75, 3.05) is 7.11 Å². The maximum absolute atomic E-state index is 11.9. The summed E-state index contributed by atoms with van der Waals surface area (Å²) >= 11 is 0. The van der Waals surface area contributed by atoms with Crippen LogP contribution >= 0.6 is 0 Å². The summed E-state index contributed by atoms with van der Waals surface area (Å²) < 4.78 is 7.42. The Hall–Kier alpha value is -2.55. The molecule has 0 N–H and O–H groups in total. The first-order chi connectivity index (χ1) is 10.6. The van der Waals surface area contributed by atoms with Crippen molar-refractivity contribution < 1.29 is 9.53 Å². The third kappa shape index (κ3) is 2.50. The number of aromatic nitrogens is 1. The highest BCUT2D eigenvalue weighted by molar-refractivity contribution is 6.07. The van der Waals surface area contributed by atoms with E-state index in [1.807, 2.05) is 36.5 Å². The van der Waals surface area contributed by atoms with Gasteiger partial charge >= 0.3 is 0 Å². The number of fused-ring (bicyclic) bond motifs is 1. The third-order valence-corrected chi connectivity index (χ3v) is 4.07. The summed E-state index contributed by atoms with van der Waals surface area (Å²) in [6.45, 7) is 4.46. The summed E-state index contributed by atoms with van der Waals surface area (Å²) in [5.74, 6) is 0.838. The van der Waals surface area contributed by atoms with Crippen molar-refractivity contribution in [3.8, 4) is 5.75 Å². The number of hydrogen-bond donors (Lipinski definition) is 0. The molecule has 0 aliphatic heterocycles. The Morgan fingerprint density at radius 1 is 1.18 bits per heavy atom. The van der Waals surface area contributed by atoms with Crippen molar-refractivity contribution in [3.05, 3.63) is 65.4 Å². The molecule has 3 nitrogen and oxygen atoms in total. The lowest BCUT2D eigenvalue weighted by atomic mass is 10.1. The van der Waals surface area contributed by atoms with Crippen LogP contribution in [0.15, 0.2) is 48.7 Å². The van der Waals surface area contributed by atoms with Crippen molar-refractivity contribution in [1.29, 1.82) is 0 Å². The van der Waals surface area contributed by atoms with Crippen molar-refractivity contribution in [2.24, 2.45) is 0 Å². The van der Waals surface area contributed by atoms with Gasteiger partial charge in [0, 0.05) is 29.2 Å². The molecule has 2 aromatic carbocycles. The molecule has 3 rings (SSSR count). The van der Waals surface area contributed by atoms with Crippen molar-refractivity contribution in [1.82, 2.24) is 4.57 Å². The highest BCUT2D eigenvalue weighted by Gasteiger charge is 2.13.